The number of rotatable bonds is 1. The van der Waals surface area contributed by atoms with Gasteiger partial charge in [0.05, 0.1) is 0 Å². The van der Waals surface area contributed by atoms with E-state index in [4.69, 9.17) is 0 Å². The first-order valence-electron chi connectivity index (χ1n) is 4.60. The maximum atomic E-state index is 4.31. The van der Waals surface area contributed by atoms with Crippen molar-refractivity contribution in [2.75, 3.05) is 5.32 Å². The Labute approximate surface area is 73.0 Å². The van der Waals surface area contributed by atoms with Crippen LogP contribution in [0.5, 0.6) is 0 Å². The zero-order valence-corrected chi connectivity index (χ0v) is 7.38. The minimum Gasteiger partial charge on any atom is -0.367 e. The second-order valence-corrected chi connectivity index (χ2v) is 3.30. The van der Waals surface area contributed by atoms with Crippen molar-refractivity contribution >= 4 is 5.82 Å². The number of aromatic nitrogens is 1. The number of fused-ring (bicyclic) bond motifs is 1. The minimum atomic E-state index is 0.632. The third-order valence-corrected chi connectivity index (χ3v) is 2.49. The van der Waals surface area contributed by atoms with Crippen LogP contribution in [0.25, 0.3) is 0 Å². The summed E-state index contributed by atoms with van der Waals surface area (Å²) in [5, 5.41) is 3.44. The molecule has 2 nitrogen and oxygen atoms in total. The molecule has 12 heavy (non-hydrogen) atoms. The summed E-state index contributed by atoms with van der Waals surface area (Å²) < 4.78 is 0. The molecule has 0 unspecified atom stereocenters. The molecule has 0 spiro atoms. The van der Waals surface area contributed by atoms with Crippen molar-refractivity contribution in [1.82, 2.24) is 4.98 Å². The van der Waals surface area contributed by atoms with Gasteiger partial charge in [-0.2, -0.15) is 0 Å². The van der Waals surface area contributed by atoms with Crippen LogP contribution in [0, 0.1) is 0 Å². The monoisotopic (exact) mass is 162 g/mol. The maximum absolute atomic E-state index is 4.31. The van der Waals surface area contributed by atoms with Gasteiger partial charge >= 0.3 is 0 Å². The van der Waals surface area contributed by atoms with Gasteiger partial charge in [-0.1, -0.05) is 13.0 Å². The van der Waals surface area contributed by atoms with Gasteiger partial charge in [0.15, 0.2) is 0 Å². The van der Waals surface area contributed by atoms with E-state index in [-0.39, 0.29) is 0 Å². The Bertz CT molecular complexity index is 270. The molecule has 0 fully saturated rings. The lowest BCUT2D eigenvalue weighted by atomic mass is 10.00. The normalized spacial score (nSPS) is 21.2. The molecule has 0 radical (unpaired) electrons. The Morgan fingerprint density at radius 3 is 3.42 bits per heavy atom. The van der Waals surface area contributed by atoms with E-state index in [1.165, 1.54) is 24.8 Å². The molecule has 2 heteroatoms. The van der Waals surface area contributed by atoms with E-state index in [1.807, 2.05) is 12.3 Å². The molecule has 0 amide bonds. The summed E-state index contributed by atoms with van der Waals surface area (Å²) in [5.41, 5.74) is 1.36. The lowest BCUT2D eigenvalue weighted by Crippen LogP contribution is -2.25. The van der Waals surface area contributed by atoms with E-state index in [0.29, 0.717) is 6.04 Å². The highest BCUT2D eigenvalue weighted by atomic mass is 15.0. The van der Waals surface area contributed by atoms with Gasteiger partial charge in [-0.25, -0.2) is 4.98 Å². The predicted octanol–water partition coefficient (Wildman–Crippen LogP) is 2.22. The van der Waals surface area contributed by atoms with Crippen molar-refractivity contribution in [2.45, 2.75) is 32.2 Å². The molecular weight excluding hydrogens is 148 g/mol. The van der Waals surface area contributed by atoms with E-state index in [1.54, 1.807) is 0 Å². The SMILES string of the molecule is CC[C@H]1CCc2cccnc2N1. The molecule has 2 rings (SSSR count). The lowest BCUT2D eigenvalue weighted by Gasteiger charge is -2.24. The summed E-state index contributed by atoms with van der Waals surface area (Å²) in [5.74, 6) is 1.09. The Kier molecular flexibility index (Phi) is 1.98. The summed E-state index contributed by atoms with van der Waals surface area (Å²) in [4.78, 5) is 4.31. The third-order valence-electron chi connectivity index (χ3n) is 2.49. The van der Waals surface area contributed by atoms with Crippen molar-refractivity contribution < 1.29 is 0 Å². The van der Waals surface area contributed by atoms with Crippen LogP contribution in [0.4, 0.5) is 5.82 Å². The molecule has 1 aliphatic rings. The fourth-order valence-electron chi connectivity index (χ4n) is 1.67. The topological polar surface area (TPSA) is 24.9 Å². The average molecular weight is 162 g/mol. The molecule has 1 aliphatic heterocycles. The van der Waals surface area contributed by atoms with E-state index in [9.17, 15) is 0 Å². The Morgan fingerprint density at radius 1 is 1.67 bits per heavy atom. The molecule has 64 valence electrons. The summed E-state index contributed by atoms with van der Waals surface area (Å²) in [6.45, 7) is 2.21. The molecule has 0 aliphatic carbocycles. The lowest BCUT2D eigenvalue weighted by molar-refractivity contribution is 0.609. The first-order chi connectivity index (χ1) is 5.90. The number of pyridine rings is 1. The first-order valence-corrected chi connectivity index (χ1v) is 4.60. The number of nitrogens with zero attached hydrogens (tertiary/aromatic N) is 1. The minimum absolute atomic E-state index is 0.632. The average Bonchev–Trinajstić information content (AvgIpc) is 2.17. The van der Waals surface area contributed by atoms with Crippen molar-refractivity contribution in [1.29, 1.82) is 0 Å². The van der Waals surface area contributed by atoms with Gasteiger partial charge in [0.25, 0.3) is 0 Å². The molecule has 1 atom stereocenters. The summed E-state index contributed by atoms with van der Waals surface area (Å²) in [6.07, 6.45) is 5.46. The van der Waals surface area contributed by atoms with Gasteiger partial charge in [0, 0.05) is 12.2 Å². The highest BCUT2D eigenvalue weighted by Crippen LogP contribution is 2.22. The standard InChI is InChI=1S/C10H14N2/c1-2-9-6-5-8-4-3-7-11-10(8)12-9/h3-4,7,9H,2,5-6H2,1H3,(H,11,12)/t9-/m0/s1. The number of aryl methyl sites for hydroxylation is 1. The van der Waals surface area contributed by atoms with E-state index >= 15 is 0 Å². The van der Waals surface area contributed by atoms with Crippen molar-refractivity contribution in [3.8, 4) is 0 Å². The summed E-state index contributed by atoms with van der Waals surface area (Å²) in [7, 11) is 0. The van der Waals surface area contributed by atoms with Gasteiger partial charge in [0.1, 0.15) is 5.82 Å². The second-order valence-electron chi connectivity index (χ2n) is 3.30. The number of hydrogen-bond donors (Lipinski definition) is 1. The van der Waals surface area contributed by atoms with E-state index in [2.05, 4.69) is 23.3 Å². The largest absolute Gasteiger partial charge is 0.367 e. The van der Waals surface area contributed by atoms with Gasteiger partial charge in [-0.3, -0.25) is 0 Å². The summed E-state index contributed by atoms with van der Waals surface area (Å²) in [6, 6.07) is 4.79. The maximum Gasteiger partial charge on any atom is 0.129 e. The Hall–Kier alpha value is -1.05. The van der Waals surface area contributed by atoms with Crippen LogP contribution in [0.2, 0.25) is 0 Å². The fourth-order valence-corrected chi connectivity index (χ4v) is 1.67. The Balaban J connectivity index is 2.23. The molecule has 2 heterocycles. The first kappa shape index (κ1) is 7.59. The van der Waals surface area contributed by atoms with Gasteiger partial charge in [-0.05, 0) is 30.9 Å². The highest BCUT2D eigenvalue weighted by Gasteiger charge is 2.15. The smallest absolute Gasteiger partial charge is 0.129 e. The van der Waals surface area contributed by atoms with Crippen LogP contribution >= 0.6 is 0 Å². The van der Waals surface area contributed by atoms with Crippen molar-refractivity contribution in [2.24, 2.45) is 0 Å². The zero-order valence-electron chi connectivity index (χ0n) is 7.38. The van der Waals surface area contributed by atoms with Crippen LogP contribution in [0.15, 0.2) is 18.3 Å². The molecular formula is C10H14N2. The zero-order chi connectivity index (χ0) is 8.39. The number of anilines is 1. The number of hydrogen-bond acceptors (Lipinski definition) is 2. The third kappa shape index (κ3) is 1.29. The van der Waals surface area contributed by atoms with E-state index < -0.39 is 0 Å². The van der Waals surface area contributed by atoms with Crippen LogP contribution in [-0.4, -0.2) is 11.0 Å². The molecule has 0 bridgehead atoms. The summed E-state index contributed by atoms with van der Waals surface area (Å²) >= 11 is 0. The molecule has 1 aromatic rings. The van der Waals surface area contributed by atoms with Gasteiger partial charge < -0.3 is 5.32 Å². The molecule has 0 saturated carbocycles. The molecule has 1 N–H and O–H groups in total. The Morgan fingerprint density at radius 2 is 2.58 bits per heavy atom. The number of nitrogens with one attached hydrogen (secondary N) is 1. The molecule has 0 aromatic carbocycles. The predicted molar refractivity (Wildman–Crippen MR) is 50.3 cm³/mol. The van der Waals surface area contributed by atoms with Crippen molar-refractivity contribution in [3.05, 3.63) is 23.9 Å². The van der Waals surface area contributed by atoms with Gasteiger partial charge in [-0.15, -0.1) is 0 Å². The second kappa shape index (κ2) is 3.13. The highest BCUT2D eigenvalue weighted by molar-refractivity contribution is 5.46. The van der Waals surface area contributed by atoms with E-state index in [0.717, 1.165) is 5.82 Å². The van der Waals surface area contributed by atoms with Gasteiger partial charge in [0.2, 0.25) is 0 Å². The van der Waals surface area contributed by atoms with Crippen LogP contribution in [0.1, 0.15) is 25.3 Å². The quantitative estimate of drug-likeness (QED) is 0.685. The van der Waals surface area contributed by atoms with Crippen LogP contribution in [-0.2, 0) is 6.42 Å². The molecule has 1 aromatic heterocycles. The van der Waals surface area contributed by atoms with Crippen LogP contribution < -0.4 is 5.32 Å². The van der Waals surface area contributed by atoms with Crippen LogP contribution in [0.3, 0.4) is 0 Å². The van der Waals surface area contributed by atoms with Crippen molar-refractivity contribution in [3.63, 3.8) is 0 Å². The fraction of sp³-hybridized carbons (Fsp3) is 0.500. The molecule has 0 saturated heterocycles.